The third kappa shape index (κ3) is 5.28. The highest BCUT2D eigenvalue weighted by Crippen LogP contribution is 2.35. The second kappa shape index (κ2) is 9.01. The summed E-state index contributed by atoms with van der Waals surface area (Å²) in [5.41, 5.74) is 12.9. The molecule has 32 heavy (non-hydrogen) atoms. The van der Waals surface area contributed by atoms with Crippen LogP contribution in [0, 0.1) is 0 Å². The van der Waals surface area contributed by atoms with Crippen molar-refractivity contribution in [1.29, 1.82) is 0 Å². The summed E-state index contributed by atoms with van der Waals surface area (Å²) >= 11 is 0. The van der Waals surface area contributed by atoms with Gasteiger partial charge in [-0.3, -0.25) is 0 Å². The molecule has 0 heterocycles. The van der Waals surface area contributed by atoms with Crippen molar-refractivity contribution in [3.8, 4) is 34.5 Å². The number of nitrogen functional groups attached to an aromatic ring is 2. The lowest BCUT2D eigenvalue weighted by molar-refractivity contribution is 0.0697. The first-order valence-electron chi connectivity index (χ1n) is 9.68. The van der Waals surface area contributed by atoms with Crippen molar-refractivity contribution in [3.63, 3.8) is 0 Å². The Hall–Kier alpha value is -4.65. The van der Waals surface area contributed by atoms with Crippen molar-refractivity contribution in [2.45, 2.75) is 0 Å². The third-order valence-electron chi connectivity index (χ3n) is 4.42. The van der Waals surface area contributed by atoms with Gasteiger partial charge in [0.05, 0.1) is 5.56 Å². The summed E-state index contributed by atoms with van der Waals surface area (Å²) in [7, 11) is 0. The summed E-state index contributed by atoms with van der Waals surface area (Å²) in [6, 6.07) is 25.2. The number of hydrogen-bond donors (Lipinski definition) is 3. The van der Waals surface area contributed by atoms with Gasteiger partial charge >= 0.3 is 5.97 Å². The Kier molecular flexibility index (Phi) is 5.81. The molecule has 4 aromatic carbocycles. The SMILES string of the molecule is Nc1ccc(Oc2cc(Oc3ccc(N)cc3)cc(Oc3ccc(C(=O)O)cc3)c2)cc1. The molecule has 4 rings (SSSR count). The van der Waals surface area contributed by atoms with E-state index in [1.807, 2.05) is 0 Å². The predicted octanol–water partition coefficient (Wildman–Crippen LogP) is 5.93. The predicted molar refractivity (Wildman–Crippen MR) is 122 cm³/mol. The van der Waals surface area contributed by atoms with Gasteiger partial charge in [-0.25, -0.2) is 4.79 Å². The van der Waals surface area contributed by atoms with Crippen molar-refractivity contribution in [1.82, 2.24) is 0 Å². The van der Waals surface area contributed by atoms with Gasteiger partial charge in [0.1, 0.15) is 34.5 Å². The van der Waals surface area contributed by atoms with E-state index < -0.39 is 5.97 Å². The Bertz CT molecular complexity index is 1160. The molecule has 7 heteroatoms. The van der Waals surface area contributed by atoms with E-state index in [2.05, 4.69) is 0 Å². The molecule has 4 aromatic rings. The molecule has 0 aliphatic heterocycles. The van der Waals surface area contributed by atoms with Gasteiger partial charge in [0, 0.05) is 29.6 Å². The fourth-order valence-corrected chi connectivity index (χ4v) is 2.87. The Labute approximate surface area is 184 Å². The maximum absolute atomic E-state index is 11.1. The third-order valence-corrected chi connectivity index (χ3v) is 4.42. The van der Waals surface area contributed by atoms with Gasteiger partial charge in [-0.1, -0.05) is 0 Å². The summed E-state index contributed by atoms with van der Waals surface area (Å²) in [4.78, 5) is 11.1. The smallest absolute Gasteiger partial charge is 0.335 e. The number of ether oxygens (including phenoxy) is 3. The second-order valence-corrected chi connectivity index (χ2v) is 6.91. The molecule has 0 saturated carbocycles. The molecule has 0 aliphatic carbocycles. The zero-order valence-corrected chi connectivity index (χ0v) is 16.9. The summed E-state index contributed by atoms with van der Waals surface area (Å²) in [6.07, 6.45) is 0. The van der Waals surface area contributed by atoms with Crippen LogP contribution in [0.3, 0.4) is 0 Å². The molecule has 0 amide bonds. The number of carboxylic acid groups (broad SMARTS) is 1. The lowest BCUT2D eigenvalue weighted by atomic mass is 10.2. The first-order valence-corrected chi connectivity index (χ1v) is 9.68. The number of hydrogen-bond acceptors (Lipinski definition) is 6. The molecular weight excluding hydrogens is 408 g/mol. The fraction of sp³-hybridized carbons (Fsp3) is 0. The molecule has 0 saturated heterocycles. The normalized spacial score (nSPS) is 10.4. The van der Waals surface area contributed by atoms with Crippen molar-refractivity contribution < 1.29 is 24.1 Å². The van der Waals surface area contributed by atoms with E-state index in [0.717, 1.165) is 0 Å². The van der Waals surface area contributed by atoms with Gasteiger partial charge in [0.25, 0.3) is 0 Å². The molecule has 0 fully saturated rings. The van der Waals surface area contributed by atoms with Crippen LogP contribution in [0.25, 0.3) is 0 Å². The van der Waals surface area contributed by atoms with Gasteiger partial charge in [-0.15, -0.1) is 0 Å². The van der Waals surface area contributed by atoms with E-state index in [1.165, 1.54) is 12.1 Å². The lowest BCUT2D eigenvalue weighted by Crippen LogP contribution is -1.95. The van der Waals surface area contributed by atoms with Crippen molar-refractivity contribution >= 4 is 17.3 Å². The highest BCUT2D eigenvalue weighted by molar-refractivity contribution is 5.87. The van der Waals surface area contributed by atoms with E-state index in [4.69, 9.17) is 30.8 Å². The summed E-state index contributed by atoms with van der Waals surface area (Å²) in [6.45, 7) is 0. The van der Waals surface area contributed by atoms with Gasteiger partial charge < -0.3 is 30.8 Å². The topological polar surface area (TPSA) is 117 Å². The summed E-state index contributed by atoms with van der Waals surface area (Å²) in [5, 5.41) is 9.06. The largest absolute Gasteiger partial charge is 0.478 e. The fourth-order valence-electron chi connectivity index (χ4n) is 2.87. The number of carbonyl (C=O) groups is 1. The van der Waals surface area contributed by atoms with E-state index in [0.29, 0.717) is 45.9 Å². The molecule has 160 valence electrons. The monoisotopic (exact) mass is 428 g/mol. The molecule has 0 atom stereocenters. The number of anilines is 2. The van der Waals surface area contributed by atoms with Crippen LogP contribution in [0.15, 0.2) is 91.0 Å². The maximum atomic E-state index is 11.1. The number of carboxylic acids is 1. The van der Waals surface area contributed by atoms with Crippen molar-refractivity contribution in [2.24, 2.45) is 0 Å². The van der Waals surface area contributed by atoms with Crippen LogP contribution in [0.5, 0.6) is 34.5 Å². The Morgan fingerprint density at radius 3 is 1.16 bits per heavy atom. The first kappa shape index (κ1) is 20.6. The van der Waals surface area contributed by atoms with E-state index in [1.54, 1.807) is 78.9 Å². The maximum Gasteiger partial charge on any atom is 0.335 e. The Morgan fingerprint density at radius 1 is 0.531 bits per heavy atom. The van der Waals surface area contributed by atoms with E-state index in [9.17, 15) is 4.79 Å². The average molecular weight is 428 g/mol. The molecular formula is C25H20N2O5. The van der Waals surface area contributed by atoms with E-state index >= 15 is 0 Å². The van der Waals surface area contributed by atoms with Crippen LogP contribution in [0.1, 0.15) is 10.4 Å². The number of benzene rings is 4. The molecule has 0 unspecified atom stereocenters. The van der Waals surface area contributed by atoms with Gasteiger partial charge in [-0.05, 0) is 72.8 Å². The van der Waals surface area contributed by atoms with Gasteiger partial charge in [-0.2, -0.15) is 0 Å². The second-order valence-electron chi connectivity index (χ2n) is 6.91. The Balaban J connectivity index is 1.63. The molecule has 7 nitrogen and oxygen atoms in total. The summed E-state index contributed by atoms with van der Waals surface area (Å²) in [5.74, 6) is 2.08. The molecule has 5 N–H and O–H groups in total. The minimum absolute atomic E-state index is 0.171. The van der Waals surface area contributed by atoms with Gasteiger partial charge in [0.15, 0.2) is 0 Å². The zero-order valence-electron chi connectivity index (χ0n) is 16.9. The zero-order chi connectivity index (χ0) is 22.5. The molecule has 0 aliphatic rings. The van der Waals surface area contributed by atoms with E-state index in [-0.39, 0.29) is 5.56 Å². The summed E-state index contributed by atoms with van der Waals surface area (Å²) < 4.78 is 17.8. The minimum Gasteiger partial charge on any atom is -0.478 e. The lowest BCUT2D eigenvalue weighted by Gasteiger charge is -2.13. The number of aromatic carboxylic acids is 1. The highest BCUT2D eigenvalue weighted by Gasteiger charge is 2.09. The van der Waals surface area contributed by atoms with Crippen LogP contribution in [-0.4, -0.2) is 11.1 Å². The Morgan fingerprint density at radius 2 is 0.844 bits per heavy atom. The number of nitrogens with two attached hydrogens (primary N) is 2. The van der Waals surface area contributed by atoms with Crippen LogP contribution < -0.4 is 25.7 Å². The van der Waals surface area contributed by atoms with Crippen LogP contribution >= 0.6 is 0 Å². The molecule has 0 aromatic heterocycles. The molecule has 0 radical (unpaired) electrons. The van der Waals surface area contributed by atoms with Crippen molar-refractivity contribution in [2.75, 3.05) is 11.5 Å². The van der Waals surface area contributed by atoms with Crippen LogP contribution in [-0.2, 0) is 0 Å². The van der Waals surface area contributed by atoms with Crippen LogP contribution in [0.4, 0.5) is 11.4 Å². The molecule has 0 bridgehead atoms. The first-order chi connectivity index (χ1) is 15.4. The minimum atomic E-state index is -1.00. The molecule has 0 spiro atoms. The standard InChI is InChI=1S/C25H20N2O5/c26-17-3-9-20(10-4-17)31-23-13-22(30-19-7-1-16(2-8-19)25(28)29)14-24(15-23)32-21-11-5-18(27)6-12-21/h1-15H,26-27H2,(H,28,29). The average Bonchev–Trinajstić information content (AvgIpc) is 2.77. The number of rotatable bonds is 7. The van der Waals surface area contributed by atoms with Gasteiger partial charge in [0.2, 0.25) is 0 Å². The van der Waals surface area contributed by atoms with Crippen LogP contribution in [0.2, 0.25) is 0 Å². The quantitative estimate of drug-likeness (QED) is 0.312. The van der Waals surface area contributed by atoms with Crippen molar-refractivity contribution in [3.05, 3.63) is 96.6 Å². The highest BCUT2D eigenvalue weighted by atomic mass is 16.5.